The van der Waals surface area contributed by atoms with E-state index in [2.05, 4.69) is 29.0 Å². The van der Waals surface area contributed by atoms with Crippen LogP contribution in [0.25, 0.3) is 10.2 Å². The van der Waals surface area contributed by atoms with Crippen LogP contribution in [0.15, 0.2) is 29.1 Å². The standard InChI is InChI=1S/C22H28N4O2S/c1-6-25(7-2)12-13-26-16(5)23-21-18(22(26)28)15(4)19(29-21)20(27)24-17-11-9-8-10-14(17)3/h8-11H,6-7,12-13H2,1-5H3,(H,24,27). The first-order valence-electron chi connectivity index (χ1n) is 9.97. The minimum atomic E-state index is -0.202. The summed E-state index contributed by atoms with van der Waals surface area (Å²) in [6, 6.07) is 7.65. The molecule has 1 N–H and O–H groups in total. The highest BCUT2D eigenvalue weighted by Gasteiger charge is 2.21. The highest BCUT2D eigenvalue weighted by molar-refractivity contribution is 7.20. The predicted molar refractivity (Wildman–Crippen MR) is 120 cm³/mol. The molecule has 0 atom stereocenters. The van der Waals surface area contributed by atoms with E-state index < -0.39 is 0 Å². The number of thiophene rings is 1. The van der Waals surface area contributed by atoms with Gasteiger partial charge in [0.2, 0.25) is 0 Å². The van der Waals surface area contributed by atoms with Crippen LogP contribution in [-0.2, 0) is 6.54 Å². The molecule has 3 rings (SSSR count). The highest BCUT2D eigenvalue weighted by atomic mass is 32.1. The van der Waals surface area contributed by atoms with Crippen LogP contribution < -0.4 is 10.9 Å². The lowest BCUT2D eigenvalue weighted by Gasteiger charge is -2.19. The Bertz CT molecular complexity index is 1100. The molecular formula is C22H28N4O2S. The summed E-state index contributed by atoms with van der Waals surface area (Å²) < 4.78 is 1.73. The second-order valence-corrected chi connectivity index (χ2v) is 8.15. The Morgan fingerprint density at radius 1 is 1.17 bits per heavy atom. The monoisotopic (exact) mass is 412 g/mol. The zero-order valence-electron chi connectivity index (χ0n) is 17.7. The maximum atomic E-state index is 13.2. The van der Waals surface area contributed by atoms with Gasteiger partial charge in [0.15, 0.2) is 0 Å². The third-order valence-corrected chi connectivity index (χ3v) is 6.56. The van der Waals surface area contributed by atoms with Gasteiger partial charge in [0.05, 0.1) is 10.3 Å². The quantitative estimate of drug-likeness (QED) is 0.637. The number of aromatic nitrogens is 2. The Kier molecular flexibility index (Phi) is 6.49. The van der Waals surface area contributed by atoms with Crippen LogP contribution in [0.3, 0.4) is 0 Å². The molecule has 0 radical (unpaired) electrons. The van der Waals surface area contributed by atoms with Crippen molar-refractivity contribution in [3.8, 4) is 0 Å². The summed E-state index contributed by atoms with van der Waals surface area (Å²) >= 11 is 1.28. The highest BCUT2D eigenvalue weighted by Crippen LogP contribution is 2.28. The largest absolute Gasteiger partial charge is 0.321 e. The molecule has 1 amide bonds. The topological polar surface area (TPSA) is 67.2 Å². The summed E-state index contributed by atoms with van der Waals surface area (Å²) in [7, 11) is 0. The SMILES string of the molecule is CCN(CC)CCn1c(C)nc2sc(C(=O)Nc3ccccc3C)c(C)c2c1=O. The molecule has 1 aromatic carbocycles. The van der Waals surface area contributed by atoms with Crippen LogP contribution >= 0.6 is 11.3 Å². The van der Waals surface area contributed by atoms with Crippen molar-refractivity contribution in [1.82, 2.24) is 14.5 Å². The van der Waals surface area contributed by atoms with Gasteiger partial charge in [0.25, 0.3) is 11.5 Å². The number of hydrogen-bond donors (Lipinski definition) is 1. The number of benzene rings is 1. The zero-order valence-corrected chi connectivity index (χ0v) is 18.5. The fraction of sp³-hybridized carbons (Fsp3) is 0.409. The van der Waals surface area contributed by atoms with Gasteiger partial charge >= 0.3 is 0 Å². The number of nitrogens with zero attached hydrogens (tertiary/aromatic N) is 3. The summed E-state index contributed by atoms with van der Waals surface area (Å²) in [6.07, 6.45) is 0. The molecule has 2 heterocycles. The molecule has 154 valence electrons. The third-order valence-electron chi connectivity index (χ3n) is 5.37. The lowest BCUT2D eigenvalue weighted by Crippen LogP contribution is -2.32. The summed E-state index contributed by atoms with van der Waals surface area (Å²) in [6.45, 7) is 13.1. The molecule has 29 heavy (non-hydrogen) atoms. The first-order chi connectivity index (χ1) is 13.9. The summed E-state index contributed by atoms with van der Waals surface area (Å²) in [5.41, 5.74) is 2.40. The molecule has 0 spiro atoms. The van der Waals surface area contributed by atoms with E-state index in [1.54, 1.807) is 4.57 Å². The van der Waals surface area contributed by atoms with Gasteiger partial charge in [0.1, 0.15) is 10.7 Å². The van der Waals surface area contributed by atoms with Gasteiger partial charge in [-0.15, -0.1) is 11.3 Å². The van der Waals surface area contributed by atoms with Gasteiger partial charge in [0, 0.05) is 18.8 Å². The molecule has 0 aliphatic carbocycles. The van der Waals surface area contributed by atoms with E-state index in [-0.39, 0.29) is 11.5 Å². The second kappa shape index (κ2) is 8.88. The van der Waals surface area contributed by atoms with Crippen molar-refractivity contribution in [2.75, 3.05) is 25.0 Å². The molecule has 0 saturated heterocycles. The van der Waals surface area contributed by atoms with Crippen molar-refractivity contribution in [1.29, 1.82) is 0 Å². The second-order valence-electron chi connectivity index (χ2n) is 7.15. The van der Waals surface area contributed by atoms with Crippen molar-refractivity contribution in [3.05, 3.63) is 56.4 Å². The lowest BCUT2D eigenvalue weighted by molar-refractivity contribution is 0.103. The minimum Gasteiger partial charge on any atom is -0.321 e. The van der Waals surface area contributed by atoms with Gasteiger partial charge in [-0.05, 0) is 51.1 Å². The first-order valence-corrected chi connectivity index (χ1v) is 10.8. The molecule has 0 unspecified atom stereocenters. The van der Waals surface area contributed by atoms with Crippen molar-refractivity contribution < 1.29 is 4.79 Å². The first kappa shape index (κ1) is 21.2. The van der Waals surface area contributed by atoms with Crippen molar-refractivity contribution >= 4 is 33.1 Å². The summed E-state index contributed by atoms with van der Waals surface area (Å²) in [4.78, 5) is 34.1. The molecule has 7 heteroatoms. The Labute approximate surface area is 175 Å². The molecule has 0 fully saturated rings. The average Bonchev–Trinajstić information content (AvgIpc) is 3.02. The number of rotatable bonds is 7. The zero-order chi connectivity index (χ0) is 21.1. The summed E-state index contributed by atoms with van der Waals surface area (Å²) in [5.74, 6) is 0.480. The fourth-order valence-corrected chi connectivity index (χ4v) is 4.58. The van der Waals surface area contributed by atoms with Crippen molar-refractivity contribution in [2.24, 2.45) is 0 Å². The number of anilines is 1. The fourth-order valence-electron chi connectivity index (χ4n) is 3.47. The van der Waals surface area contributed by atoms with Gasteiger partial charge < -0.3 is 10.2 Å². The van der Waals surface area contributed by atoms with E-state index in [0.717, 1.165) is 30.9 Å². The van der Waals surface area contributed by atoms with E-state index in [9.17, 15) is 9.59 Å². The minimum absolute atomic E-state index is 0.0663. The van der Waals surface area contributed by atoms with Crippen molar-refractivity contribution in [2.45, 2.75) is 41.2 Å². The van der Waals surface area contributed by atoms with E-state index in [1.807, 2.05) is 45.0 Å². The van der Waals surface area contributed by atoms with Gasteiger partial charge in [-0.1, -0.05) is 32.0 Å². The van der Waals surface area contributed by atoms with Crippen LogP contribution in [0.5, 0.6) is 0 Å². The number of hydrogen-bond acceptors (Lipinski definition) is 5. The predicted octanol–water partition coefficient (Wildman–Crippen LogP) is 3.98. The van der Waals surface area contributed by atoms with Crippen LogP contribution in [0, 0.1) is 20.8 Å². The van der Waals surface area contributed by atoms with Gasteiger partial charge in [-0.25, -0.2) is 4.98 Å². The van der Waals surface area contributed by atoms with Crippen LogP contribution in [0.4, 0.5) is 5.69 Å². The number of nitrogens with one attached hydrogen (secondary N) is 1. The van der Waals surface area contributed by atoms with E-state index >= 15 is 0 Å². The molecule has 3 aromatic rings. The molecule has 2 aromatic heterocycles. The number of likely N-dealkylation sites (N-methyl/N-ethyl adjacent to an activating group) is 1. The summed E-state index contributed by atoms with van der Waals surface area (Å²) in [5, 5.41) is 3.51. The third kappa shape index (κ3) is 4.26. The van der Waals surface area contributed by atoms with E-state index in [4.69, 9.17) is 0 Å². The maximum Gasteiger partial charge on any atom is 0.266 e. The Morgan fingerprint density at radius 3 is 2.52 bits per heavy atom. The lowest BCUT2D eigenvalue weighted by atomic mass is 10.1. The van der Waals surface area contributed by atoms with E-state index in [0.29, 0.717) is 33.0 Å². The number of fused-ring (bicyclic) bond motifs is 1. The number of carbonyl (C=O) groups is 1. The van der Waals surface area contributed by atoms with Crippen LogP contribution in [0.2, 0.25) is 0 Å². The maximum absolute atomic E-state index is 13.2. The van der Waals surface area contributed by atoms with E-state index in [1.165, 1.54) is 11.3 Å². The Morgan fingerprint density at radius 2 is 1.86 bits per heavy atom. The molecule has 0 bridgehead atoms. The molecule has 6 nitrogen and oxygen atoms in total. The Hall–Kier alpha value is -2.51. The normalized spacial score (nSPS) is 11.4. The number of amides is 1. The average molecular weight is 413 g/mol. The van der Waals surface area contributed by atoms with Gasteiger partial charge in [-0.3, -0.25) is 14.2 Å². The van der Waals surface area contributed by atoms with Crippen LogP contribution in [-0.4, -0.2) is 40.0 Å². The van der Waals surface area contributed by atoms with Crippen molar-refractivity contribution in [3.63, 3.8) is 0 Å². The van der Waals surface area contributed by atoms with Crippen LogP contribution in [0.1, 0.15) is 40.5 Å². The number of aryl methyl sites for hydroxylation is 3. The number of carbonyl (C=O) groups excluding carboxylic acids is 1. The smallest absolute Gasteiger partial charge is 0.266 e. The molecule has 0 aliphatic heterocycles. The molecule has 0 aliphatic rings. The Balaban J connectivity index is 1.97. The number of para-hydroxylation sites is 1. The van der Waals surface area contributed by atoms with Gasteiger partial charge in [-0.2, -0.15) is 0 Å². The molecular weight excluding hydrogens is 384 g/mol. The molecule has 0 saturated carbocycles.